The molecule has 0 radical (unpaired) electrons. The molecule has 0 spiro atoms. The summed E-state index contributed by atoms with van der Waals surface area (Å²) in [5, 5.41) is 13.0. The van der Waals surface area contributed by atoms with Crippen molar-refractivity contribution in [3.63, 3.8) is 0 Å². The van der Waals surface area contributed by atoms with Gasteiger partial charge in [0.05, 0.1) is 12.2 Å². The lowest BCUT2D eigenvalue weighted by atomic mass is 9.88. The minimum absolute atomic E-state index is 0.00426. The van der Waals surface area contributed by atoms with Crippen LogP contribution in [0.25, 0.3) is 0 Å². The monoisotopic (exact) mass is 272 g/mol. The summed E-state index contributed by atoms with van der Waals surface area (Å²) in [6.45, 7) is 4.29. The van der Waals surface area contributed by atoms with Crippen LogP contribution >= 0.6 is 0 Å². The Bertz CT molecular complexity index is 520. The number of nitrogens with one attached hydrogen (secondary N) is 2. The van der Waals surface area contributed by atoms with Crippen LogP contribution < -0.4 is 5.32 Å². The van der Waals surface area contributed by atoms with Crippen molar-refractivity contribution in [1.82, 2.24) is 20.7 Å². The summed E-state index contributed by atoms with van der Waals surface area (Å²) in [4.78, 5) is 12.2. The number of rotatable bonds is 6. The third-order valence-electron chi connectivity index (χ3n) is 3.61. The van der Waals surface area contributed by atoms with Crippen molar-refractivity contribution in [3.05, 3.63) is 47.8 Å². The van der Waals surface area contributed by atoms with Crippen molar-refractivity contribution in [3.8, 4) is 0 Å². The fourth-order valence-electron chi connectivity index (χ4n) is 2.42. The number of aromatic nitrogens is 3. The second-order valence-electron chi connectivity index (χ2n) is 4.79. The van der Waals surface area contributed by atoms with Gasteiger partial charge in [0, 0.05) is 0 Å². The number of amides is 1. The summed E-state index contributed by atoms with van der Waals surface area (Å²) in [5.41, 5.74) is 1.44. The Morgan fingerprint density at radius 1 is 1.25 bits per heavy atom. The quantitative estimate of drug-likeness (QED) is 0.849. The van der Waals surface area contributed by atoms with Gasteiger partial charge in [-0.25, -0.2) is 0 Å². The fourth-order valence-corrected chi connectivity index (χ4v) is 2.42. The predicted octanol–water partition coefficient (Wildman–Crippen LogP) is 2.71. The van der Waals surface area contributed by atoms with Crippen molar-refractivity contribution in [2.45, 2.75) is 32.7 Å². The summed E-state index contributed by atoms with van der Waals surface area (Å²) in [7, 11) is 0. The standard InChI is InChI=1S/C15H20N4O/c1-3-11(4-2)14(12-8-6-5-7-9-12)17-15(20)13-10-16-19-18-13/h5-11,14H,3-4H2,1-2H3,(H,17,20)(H,16,18,19). The van der Waals surface area contributed by atoms with E-state index in [9.17, 15) is 4.79 Å². The average Bonchev–Trinajstić information content (AvgIpc) is 3.02. The van der Waals surface area contributed by atoms with Crippen LogP contribution in [0.4, 0.5) is 0 Å². The van der Waals surface area contributed by atoms with Gasteiger partial charge in [0.15, 0.2) is 5.69 Å². The molecular formula is C15H20N4O. The maximum atomic E-state index is 12.2. The van der Waals surface area contributed by atoms with Crippen LogP contribution in [0.1, 0.15) is 48.8 Å². The molecule has 106 valence electrons. The number of H-pyrrole nitrogens is 1. The van der Waals surface area contributed by atoms with Gasteiger partial charge in [0.2, 0.25) is 0 Å². The highest BCUT2D eigenvalue weighted by molar-refractivity contribution is 5.92. The van der Waals surface area contributed by atoms with Crippen LogP contribution in [0.5, 0.6) is 0 Å². The maximum absolute atomic E-state index is 12.2. The van der Waals surface area contributed by atoms with Crippen molar-refractivity contribution in [2.24, 2.45) is 5.92 Å². The number of nitrogens with zero attached hydrogens (tertiary/aromatic N) is 2. The van der Waals surface area contributed by atoms with E-state index in [1.165, 1.54) is 6.20 Å². The SMILES string of the molecule is CCC(CC)C(NC(=O)c1cn[nH]n1)c1ccccc1. The largest absolute Gasteiger partial charge is 0.344 e. The van der Waals surface area contributed by atoms with Crippen LogP contribution in [0.2, 0.25) is 0 Å². The predicted molar refractivity (Wildman–Crippen MR) is 77.1 cm³/mol. The molecule has 20 heavy (non-hydrogen) atoms. The molecule has 2 aromatic rings. The molecule has 5 heteroatoms. The molecule has 0 aliphatic heterocycles. The van der Waals surface area contributed by atoms with Gasteiger partial charge in [0.1, 0.15) is 0 Å². The Morgan fingerprint density at radius 2 is 1.95 bits per heavy atom. The van der Waals surface area contributed by atoms with Gasteiger partial charge in [-0.1, -0.05) is 57.0 Å². The number of hydrogen-bond donors (Lipinski definition) is 2. The summed E-state index contributed by atoms with van der Waals surface area (Å²) >= 11 is 0. The van der Waals surface area contributed by atoms with E-state index in [1.807, 2.05) is 30.3 Å². The van der Waals surface area contributed by atoms with Gasteiger partial charge in [-0.2, -0.15) is 15.4 Å². The molecule has 0 bridgehead atoms. The molecule has 2 N–H and O–H groups in total. The van der Waals surface area contributed by atoms with Crippen molar-refractivity contribution in [1.29, 1.82) is 0 Å². The number of hydrogen-bond acceptors (Lipinski definition) is 3. The summed E-state index contributed by atoms with van der Waals surface area (Å²) in [6, 6.07) is 10.1. The van der Waals surface area contributed by atoms with Crippen molar-refractivity contribution in [2.75, 3.05) is 0 Å². The molecule has 2 rings (SSSR count). The molecule has 0 saturated carbocycles. The minimum Gasteiger partial charge on any atom is -0.344 e. The molecule has 1 aromatic carbocycles. The molecule has 0 saturated heterocycles. The normalized spacial score (nSPS) is 12.3. The van der Waals surface area contributed by atoms with Crippen LogP contribution in [0.15, 0.2) is 36.5 Å². The average molecular weight is 272 g/mol. The topological polar surface area (TPSA) is 70.7 Å². The molecule has 1 atom stereocenters. The summed E-state index contributed by atoms with van der Waals surface area (Å²) in [6.07, 6.45) is 3.45. The first-order valence-electron chi connectivity index (χ1n) is 6.97. The second-order valence-corrected chi connectivity index (χ2v) is 4.79. The van der Waals surface area contributed by atoms with Gasteiger partial charge in [0.25, 0.3) is 5.91 Å². The minimum atomic E-state index is -0.195. The van der Waals surface area contributed by atoms with E-state index in [0.29, 0.717) is 11.6 Å². The van der Waals surface area contributed by atoms with E-state index in [4.69, 9.17) is 0 Å². The Balaban J connectivity index is 2.21. The molecule has 1 aromatic heterocycles. The molecule has 1 amide bonds. The van der Waals surface area contributed by atoms with Crippen molar-refractivity contribution < 1.29 is 4.79 Å². The van der Waals surface area contributed by atoms with E-state index in [2.05, 4.69) is 34.6 Å². The zero-order chi connectivity index (χ0) is 14.4. The van der Waals surface area contributed by atoms with Crippen LogP contribution in [-0.2, 0) is 0 Å². The van der Waals surface area contributed by atoms with Gasteiger partial charge in [-0.05, 0) is 11.5 Å². The number of carbonyl (C=O) groups is 1. The Morgan fingerprint density at radius 3 is 2.50 bits per heavy atom. The van der Waals surface area contributed by atoms with Gasteiger partial charge < -0.3 is 5.32 Å². The van der Waals surface area contributed by atoms with Gasteiger partial charge in [-0.15, -0.1) is 0 Å². The number of aromatic amines is 1. The zero-order valence-electron chi connectivity index (χ0n) is 11.8. The smallest absolute Gasteiger partial charge is 0.273 e. The molecule has 5 nitrogen and oxygen atoms in total. The van der Waals surface area contributed by atoms with E-state index in [0.717, 1.165) is 18.4 Å². The fraction of sp³-hybridized carbons (Fsp3) is 0.400. The van der Waals surface area contributed by atoms with Crippen LogP contribution in [0, 0.1) is 5.92 Å². The highest BCUT2D eigenvalue weighted by atomic mass is 16.2. The number of carbonyl (C=O) groups excluding carboxylic acids is 1. The van der Waals surface area contributed by atoms with Gasteiger partial charge >= 0.3 is 0 Å². The first-order chi connectivity index (χ1) is 9.76. The third kappa shape index (κ3) is 3.23. The van der Waals surface area contributed by atoms with E-state index >= 15 is 0 Å². The zero-order valence-corrected chi connectivity index (χ0v) is 11.8. The van der Waals surface area contributed by atoms with E-state index in [-0.39, 0.29) is 11.9 Å². The summed E-state index contributed by atoms with van der Waals surface area (Å²) < 4.78 is 0. The summed E-state index contributed by atoms with van der Waals surface area (Å²) in [5.74, 6) is 0.202. The third-order valence-corrected chi connectivity index (χ3v) is 3.61. The highest BCUT2D eigenvalue weighted by Gasteiger charge is 2.23. The molecule has 1 heterocycles. The Hall–Kier alpha value is -2.17. The first-order valence-corrected chi connectivity index (χ1v) is 6.97. The lowest BCUT2D eigenvalue weighted by Gasteiger charge is -2.26. The Labute approximate surface area is 118 Å². The number of benzene rings is 1. The molecule has 1 unspecified atom stereocenters. The van der Waals surface area contributed by atoms with E-state index < -0.39 is 0 Å². The lowest BCUT2D eigenvalue weighted by molar-refractivity contribution is 0.0914. The Kier molecular flexibility index (Phi) is 4.87. The molecule has 0 fully saturated rings. The van der Waals surface area contributed by atoms with Crippen LogP contribution in [0.3, 0.4) is 0 Å². The molecular weight excluding hydrogens is 252 g/mol. The first kappa shape index (κ1) is 14.2. The van der Waals surface area contributed by atoms with Gasteiger partial charge in [-0.3, -0.25) is 4.79 Å². The molecule has 0 aliphatic carbocycles. The maximum Gasteiger partial charge on any atom is 0.273 e. The second kappa shape index (κ2) is 6.84. The highest BCUT2D eigenvalue weighted by Crippen LogP contribution is 2.27. The van der Waals surface area contributed by atoms with Crippen LogP contribution in [-0.4, -0.2) is 21.3 Å². The molecule has 0 aliphatic rings. The van der Waals surface area contributed by atoms with Crippen molar-refractivity contribution >= 4 is 5.91 Å². The lowest BCUT2D eigenvalue weighted by Crippen LogP contribution is -2.33. The van der Waals surface area contributed by atoms with E-state index in [1.54, 1.807) is 0 Å².